The molecule has 0 saturated heterocycles. The highest BCUT2D eigenvalue weighted by atomic mass is 16.5. The highest BCUT2D eigenvalue weighted by molar-refractivity contribution is 6.06. The van der Waals surface area contributed by atoms with Crippen molar-refractivity contribution in [1.82, 2.24) is 20.8 Å². The molecule has 0 fully saturated rings. The molecule has 29 heavy (non-hydrogen) atoms. The normalized spacial score (nSPS) is 10.4. The van der Waals surface area contributed by atoms with Crippen molar-refractivity contribution in [1.29, 1.82) is 0 Å². The van der Waals surface area contributed by atoms with E-state index in [-0.39, 0.29) is 23.0 Å². The molecule has 3 aromatic rings. The lowest BCUT2D eigenvalue weighted by Crippen LogP contribution is -2.30. The van der Waals surface area contributed by atoms with E-state index in [9.17, 15) is 9.59 Å². The maximum Gasteiger partial charge on any atom is 0.321 e. The first-order chi connectivity index (χ1) is 14.2. The molecule has 3 rings (SSSR count). The van der Waals surface area contributed by atoms with Crippen LogP contribution in [-0.2, 0) is 6.54 Å². The van der Waals surface area contributed by atoms with E-state index in [1.165, 1.54) is 0 Å². The molecule has 8 heteroatoms. The summed E-state index contributed by atoms with van der Waals surface area (Å²) in [6.45, 7) is 2.89. The lowest BCUT2D eigenvalue weighted by atomic mass is 10.1. The molecule has 1 aromatic carbocycles. The minimum atomic E-state index is -0.500. The number of nitrogens with one attached hydrogen (secondary N) is 3. The molecule has 0 bridgehead atoms. The summed E-state index contributed by atoms with van der Waals surface area (Å²) >= 11 is 0. The van der Waals surface area contributed by atoms with Gasteiger partial charge in [-0.1, -0.05) is 54.9 Å². The topological polar surface area (TPSA) is 109 Å². The van der Waals surface area contributed by atoms with E-state index in [1.54, 1.807) is 24.4 Å². The van der Waals surface area contributed by atoms with E-state index < -0.39 is 6.03 Å². The summed E-state index contributed by atoms with van der Waals surface area (Å²) < 4.78 is 5.28. The van der Waals surface area contributed by atoms with Crippen LogP contribution in [0.1, 0.15) is 35.7 Å². The fourth-order valence-corrected chi connectivity index (χ4v) is 2.66. The number of urea groups is 1. The van der Waals surface area contributed by atoms with Crippen LogP contribution in [0.4, 0.5) is 10.7 Å². The van der Waals surface area contributed by atoms with Crippen molar-refractivity contribution in [3.05, 3.63) is 65.9 Å². The Kier molecular flexibility index (Phi) is 6.94. The van der Waals surface area contributed by atoms with Crippen molar-refractivity contribution < 1.29 is 14.1 Å². The van der Waals surface area contributed by atoms with Crippen LogP contribution >= 0.6 is 0 Å². The monoisotopic (exact) mass is 393 g/mol. The highest BCUT2D eigenvalue weighted by Crippen LogP contribution is 2.27. The molecule has 0 spiro atoms. The molecule has 150 valence electrons. The number of pyridine rings is 1. The SMILES string of the molecule is CCCCNC(=O)c1c(-c2ccccn2)noc1NC(=O)NCc1ccccc1. The van der Waals surface area contributed by atoms with E-state index in [0.717, 1.165) is 18.4 Å². The van der Waals surface area contributed by atoms with E-state index in [4.69, 9.17) is 4.52 Å². The first kappa shape index (κ1) is 20.1. The van der Waals surface area contributed by atoms with Gasteiger partial charge in [0.15, 0.2) is 0 Å². The Morgan fingerprint density at radius 2 is 1.83 bits per heavy atom. The molecule has 2 heterocycles. The van der Waals surface area contributed by atoms with Crippen LogP contribution in [0.5, 0.6) is 0 Å². The van der Waals surface area contributed by atoms with E-state index in [2.05, 4.69) is 26.1 Å². The van der Waals surface area contributed by atoms with Crippen LogP contribution < -0.4 is 16.0 Å². The van der Waals surface area contributed by atoms with Gasteiger partial charge >= 0.3 is 6.03 Å². The van der Waals surface area contributed by atoms with Gasteiger partial charge < -0.3 is 15.2 Å². The standard InChI is InChI=1S/C21H23N5O3/c1-2-3-12-23-19(27)17-18(16-11-7-8-13-22-16)26-29-20(17)25-21(28)24-14-15-9-5-4-6-10-15/h4-11,13H,2-3,12,14H2,1H3,(H,23,27)(H2,24,25,28). The second kappa shape index (κ2) is 10.0. The molecule has 0 aliphatic rings. The molecule has 0 atom stereocenters. The summed E-state index contributed by atoms with van der Waals surface area (Å²) in [4.78, 5) is 29.3. The largest absolute Gasteiger partial charge is 0.352 e. The molecule has 0 radical (unpaired) electrons. The fraction of sp³-hybridized carbons (Fsp3) is 0.238. The quantitative estimate of drug-likeness (QED) is 0.507. The summed E-state index contributed by atoms with van der Waals surface area (Å²) in [5.41, 5.74) is 1.86. The Bertz CT molecular complexity index is 941. The first-order valence-corrected chi connectivity index (χ1v) is 9.47. The average Bonchev–Trinajstić information content (AvgIpc) is 3.17. The average molecular weight is 393 g/mol. The molecule has 3 N–H and O–H groups in total. The van der Waals surface area contributed by atoms with Crippen molar-refractivity contribution in [2.75, 3.05) is 11.9 Å². The number of carbonyl (C=O) groups excluding carboxylic acids is 2. The van der Waals surface area contributed by atoms with E-state index in [0.29, 0.717) is 18.8 Å². The second-order valence-electron chi connectivity index (χ2n) is 6.35. The Labute approximate surface area is 168 Å². The lowest BCUT2D eigenvalue weighted by molar-refractivity contribution is 0.0954. The zero-order valence-corrected chi connectivity index (χ0v) is 16.1. The van der Waals surface area contributed by atoms with E-state index in [1.807, 2.05) is 37.3 Å². The predicted octanol–water partition coefficient (Wildman–Crippen LogP) is 3.59. The summed E-state index contributed by atoms with van der Waals surface area (Å²) in [6, 6.07) is 14.3. The number of hydrogen-bond acceptors (Lipinski definition) is 5. The van der Waals surface area contributed by atoms with E-state index >= 15 is 0 Å². The molecular weight excluding hydrogens is 370 g/mol. The molecule has 0 aliphatic heterocycles. The molecule has 0 aliphatic carbocycles. The summed E-state index contributed by atoms with van der Waals surface area (Å²) in [7, 11) is 0. The van der Waals surface area contributed by atoms with Gasteiger partial charge in [-0.3, -0.25) is 15.1 Å². The molecule has 0 saturated carbocycles. The van der Waals surface area contributed by atoms with Crippen molar-refractivity contribution in [2.45, 2.75) is 26.3 Å². The number of amides is 3. The number of unbranched alkanes of at least 4 members (excludes halogenated alkanes) is 1. The van der Waals surface area contributed by atoms with Crippen molar-refractivity contribution in [2.24, 2.45) is 0 Å². The maximum atomic E-state index is 12.7. The van der Waals surface area contributed by atoms with Crippen molar-refractivity contribution >= 4 is 17.8 Å². The van der Waals surface area contributed by atoms with Gasteiger partial charge in [-0.05, 0) is 24.1 Å². The first-order valence-electron chi connectivity index (χ1n) is 9.47. The van der Waals surface area contributed by atoms with Crippen molar-refractivity contribution in [3.8, 4) is 11.4 Å². The Morgan fingerprint density at radius 3 is 2.55 bits per heavy atom. The smallest absolute Gasteiger partial charge is 0.321 e. The number of hydrogen-bond donors (Lipinski definition) is 3. The maximum absolute atomic E-state index is 12.7. The van der Waals surface area contributed by atoms with Crippen LogP contribution in [0.3, 0.4) is 0 Å². The van der Waals surface area contributed by atoms with Gasteiger partial charge in [-0.15, -0.1) is 0 Å². The molecule has 8 nitrogen and oxygen atoms in total. The molecular formula is C21H23N5O3. The third-order valence-corrected chi connectivity index (χ3v) is 4.17. The summed E-state index contributed by atoms with van der Waals surface area (Å²) in [5.74, 6) is -0.399. The van der Waals surface area contributed by atoms with Crippen LogP contribution in [0.2, 0.25) is 0 Å². The second-order valence-corrected chi connectivity index (χ2v) is 6.35. The van der Waals surface area contributed by atoms with Crippen LogP contribution in [0.15, 0.2) is 59.3 Å². The Balaban J connectivity index is 1.77. The lowest BCUT2D eigenvalue weighted by Gasteiger charge is -2.08. The summed E-state index contributed by atoms with van der Waals surface area (Å²) in [5, 5.41) is 12.1. The zero-order chi connectivity index (χ0) is 20.5. The Morgan fingerprint density at radius 1 is 1.03 bits per heavy atom. The number of benzene rings is 1. The van der Waals surface area contributed by atoms with Gasteiger partial charge in [-0.25, -0.2) is 4.79 Å². The fourth-order valence-electron chi connectivity index (χ4n) is 2.66. The zero-order valence-electron chi connectivity index (χ0n) is 16.1. The number of aromatic nitrogens is 2. The van der Waals surface area contributed by atoms with Crippen LogP contribution in [0.25, 0.3) is 11.4 Å². The van der Waals surface area contributed by atoms with Crippen LogP contribution in [0, 0.1) is 0 Å². The van der Waals surface area contributed by atoms with Gasteiger partial charge in [0.1, 0.15) is 11.3 Å². The molecule has 2 aromatic heterocycles. The third-order valence-electron chi connectivity index (χ3n) is 4.17. The number of nitrogens with zero attached hydrogens (tertiary/aromatic N) is 2. The Hall–Kier alpha value is -3.68. The minimum Gasteiger partial charge on any atom is -0.352 e. The van der Waals surface area contributed by atoms with Gasteiger partial charge in [0.2, 0.25) is 5.88 Å². The van der Waals surface area contributed by atoms with Gasteiger partial charge in [-0.2, -0.15) is 0 Å². The van der Waals surface area contributed by atoms with Gasteiger partial charge in [0.05, 0.1) is 5.69 Å². The number of carbonyl (C=O) groups is 2. The molecule has 0 unspecified atom stereocenters. The summed E-state index contributed by atoms with van der Waals surface area (Å²) in [6.07, 6.45) is 3.39. The third kappa shape index (κ3) is 5.41. The van der Waals surface area contributed by atoms with Gasteiger partial charge in [0.25, 0.3) is 5.91 Å². The van der Waals surface area contributed by atoms with Gasteiger partial charge in [0, 0.05) is 19.3 Å². The molecule has 3 amide bonds. The minimum absolute atomic E-state index is 0.0230. The number of anilines is 1. The predicted molar refractivity (Wildman–Crippen MR) is 109 cm³/mol. The highest BCUT2D eigenvalue weighted by Gasteiger charge is 2.26. The number of rotatable bonds is 8. The van der Waals surface area contributed by atoms with Crippen LogP contribution in [-0.4, -0.2) is 28.6 Å². The van der Waals surface area contributed by atoms with Crippen molar-refractivity contribution in [3.63, 3.8) is 0 Å².